The molecule has 0 aliphatic heterocycles. The number of benzene rings is 1. The van der Waals surface area contributed by atoms with E-state index in [1.807, 2.05) is 6.26 Å². The van der Waals surface area contributed by atoms with Crippen molar-refractivity contribution in [2.45, 2.75) is 18.5 Å². The molecule has 6 heteroatoms. The molecule has 0 unspecified atom stereocenters. The van der Waals surface area contributed by atoms with E-state index in [1.54, 1.807) is 25.1 Å². The first-order valence-corrected chi connectivity index (χ1v) is 7.20. The Balaban J connectivity index is 2.46. The molecule has 2 rings (SSSR count). The lowest BCUT2D eigenvalue weighted by molar-refractivity contribution is 0.0696. The predicted octanol–water partition coefficient (Wildman–Crippen LogP) is 2.09. The van der Waals surface area contributed by atoms with Gasteiger partial charge in [-0.2, -0.15) is 0 Å². The Hall–Kier alpha value is -2.08. The number of carboxylic acids is 1. The molecular formula is C14H14N2O3S. The van der Waals surface area contributed by atoms with Crippen molar-refractivity contribution in [2.24, 2.45) is 0 Å². The Morgan fingerprint density at radius 3 is 2.70 bits per heavy atom. The molecule has 20 heavy (non-hydrogen) atoms. The van der Waals surface area contributed by atoms with E-state index in [1.165, 1.54) is 17.8 Å². The molecule has 5 nitrogen and oxygen atoms in total. The number of aromatic carboxylic acids is 1. The van der Waals surface area contributed by atoms with Crippen molar-refractivity contribution in [3.05, 3.63) is 57.0 Å². The number of aromatic nitrogens is 2. The second-order valence-electron chi connectivity index (χ2n) is 4.28. The van der Waals surface area contributed by atoms with Crippen molar-refractivity contribution in [2.75, 3.05) is 6.26 Å². The molecule has 2 aromatic rings. The zero-order valence-corrected chi connectivity index (χ0v) is 12.0. The third-order valence-corrected chi connectivity index (χ3v) is 3.59. The van der Waals surface area contributed by atoms with Gasteiger partial charge in [0.25, 0.3) is 5.56 Å². The molecule has 1 heterocycles. The van der Waals surface area contributed by atoms with Gasteiger partial charge >= 0.3 is 5.97 Å². The normalized spacial score (nSPS) is 10.5. The van der Waals surface area contributed by atoms with E-state index in [4.69, 9.17) is 5.11 Å². The quantitative estimate of drug-likeness (QED) is 0.665. The van der Waals surface area contributed by atoms with Crippen molar-refractivity contribution in [1.29, 1.82) is 0 Å². The summed E-state index contributed by atoms with van der Waals surface area (Å²) >= 11 is 1.36. The summed E-state index contributed by atoms with van der Waals surface area (Å²) in [7, 11) is 0. The van der Waals surface area contributed by atoms with Gasteiger partial charge in [0.15, 0.2) is 5.16 Å². The van der Waals surface area contributed by atoms with Crippen LogP contribution in [0.25, 0.3) is 0 Å². The fraction of sp³-hybridized carbons (Fsp3) is 0.214. The first kappa shape index (κ1) is 14.3. The Kier molecular flexibility index (Phi) is 4.24. The van der Waals surface area contributed by atoms with Crippen molar-refractivity contribution in [3.8, 4) is 0 Å². The maximum Gasteiger partial charge on any atom is 0.335 e. The molecule has 0 radical (unpaired) electrons. The van der Waals surface area contributed by atoms with E-state index in [0.717, 1.165) is 0 Å². The molecule has 104 valence electrons. The summed E-state index contributed by atoms with van der Waals surface area (Å²) in [4.78, 5) is 30.2. The highest BCUT2D eigenvalue weighted by molar-refractivity contribution is 7.98. The molecule has 0 bridgehead atoms. The van der Waals surface area contributed by atoms with Gasteiger partial charge in [0.2, 0.25) is 0 Å². The van der Waals surface area contributed by atoms with E-state index in [2.05, 4.69) is 9.97 Å². The maximum absolute atomic E-state index is 12.0. The molecule has 0 saturated carbocycles. The molecule has 0 spiro atoms. The van der Waals surface area contributed by atoms with Crippen molar-refractivity contribution >= 4 is 17.7 Å². The van der Waals surface area contributed by atoms with Gasteiger partial charge in [-0.3, -0.25) is 4.79 Å². The molecule has 0 aliphatic rings. The Bertz CT molecular complexity index is 710. The van der Waals surface area contributed by atoms with Crippen LogP contribution in [0.2, 0.25) is 0 Å². The van der Waals surface area contributed by atoms with Gasteiger partial charge in [-0.05, 0) is 24.8 Å². The smallest absolute Gasteiger partial charge is 0.335 e. The third kappa shape index (κ3) is 2.91. The number of nitrogens with one attached hydrogen (secondary N) is 1. The summed E-state index contributed by atoms with van der Waals surface area (Å²) in [6, 6.07) is 6.67. The molecule has 2 N–H and O–H groups in total. The molecule has 0 amide bonds. The fourth-order valence-corrected chi connectivity index (χ4v) is 2.39. The fourth-order valence-electron chi connectivity index (χ4n) is 1.96. The number of thioether (sulfide) groups is 1. The average Bonchev–Trinajstić information content (AvgIpc) is 2.42. The number of carbonyl (C=O) groups is 1. The lowest BCUT2D eigenvalue weighted by Crippen LogP contribution is -2.18. The minimum atomic E-state index is -0.997. The SMILES string of the molecule is CSc1nc(C)c(Cc2ccccc2C(=O)O)c(=O)[nH]1. The molecule has 1 aromatic heterocycles. The zero-order valence-electron chi connectivity index (χ0n) is 11.1. The molecule has 0 saturated heterocycles. The van der Waals surface area contributed by atoms with Gasteiger partial charge in [-0.15, -0.1) is 0 Å². The first-order valence-electron chi connectivity index (χ1n) is 5.98. The number of nitrogens with zero attached hydrogens (tertiary/aromatic N) is 1. The highest BCUT2D eigenvalue weighted by atomic mass is 32.2. The van der Waals surface area contributed by atoms with E-state index in [-0.39, 0.29) is 17.5 Å². The highest BCUT2D eigenvalue weighted by Gasteiger charge is 2.14. The topological polar surface area (TPSA) is 83.0 Å². The number of aromatic amines is 1. The van der Waals surface area contributed by atoms with E-state index < -0.39 is 5.97 Å². The molecule has 0 aliphatic carbocycles. The van der Waals surface area contributed by atoms with Gasteiger partial charge in [0.05, 0.1) is 5.56 Å². The van der Waals surface area contributed by atoms with Crippen molar-refractivity contribution < 1.29 is 9.90 Å². The number of hydrogen-bond donors (Lipinski definition) is 2. The van der Waals surface area contributed by atoms with E-state index >= 15 is 0 Å². The molecule has 0 fully saturated rings. The van der Waals surface area contributed by atoms with Crippen LogP contribution >= 0.6 is 11.8 Å². The van der Waals surface area contributed by atoms with Gasteiger partial charge in [-0.1, -0.05) is 30.0 Å². The van der Waals surface area contributed by atoms with Crippen LogP contribution < -0.4 is 5.56 Å². The second-order valence-corrected chi connectivity index (χ2v) is 5.07. The molecule has 1 aromatic carbocycles. The number of H-pyrrole nitrogens is 1. The minimum Gasteiger partial charge on any atom is -0.478 e. The van der Waals surface area contributed by atoms with Crippen LogP contribution in [0.1, 0.15) is 27.2 Å². The lowest BCUT2D eigenvalue weighted by atomic mass is 10.00. The number of hydrogen-bond acceptors (Lipinski definition) is 4. The van der Waals surface area contributed by atoms with Crippen LogP contribution in [0.4, 0.5) is 0 Å². The van der Waals surface area contributed by atoms with Crippen LogP contribution in [0.15, 0.2) is 34.2 Å². The number of carboxylic acid groups (broad SMARTS) is 1. The largest absolute Gasteiger partial charge is 0.478 e. The molecule has 0 atom stereocenters. The monoisotopic (exact) mass is 290 g/mol. The minimum absolute atomic E-state index is 0.209. The van der Waals surface area contributed by atoms with E-state index in [9.17, 15) is 9.59 Å². The highest BCUT2D eigenvalue weighted by Crippen LogP contribution is 2.15. The third-order valence-electron chi connectivity index (χ3n) is 3.01. The van der Waals surface area contributed by atoms with Gasteiger partial charge < -0.3 is 10.1 Å². The summed E-state index contributed by atoms with van der Waals surface area (Å²) in [6.45, 7) is 1.76. The number of aryl methyl sites for hydroxylation is 1. The summed E-state index contributed by atoms with van der Waals surface area (Å²) in [5.74, 6) is -0.997. The van der Waals surface area contributed by atoms with Crippen LogP contribution in [0.3, 0.4) is 0 Å². The maximum atomic E-state index is 12.0. The van der Waals surface area contributed by atoms with E-state index in [0.29, 0.717) is 22.0 Å². The number of rotatable bonds is 4. The summed E-state index contributed by atoms with van der Waals surface area (Å²) < 4.78 is 0. The van der Waals surface area contributed by atoms with Crippen LogP contribution in [-0.2, 0) is 6.42 Å². The Morgan fingerprint density at radius 1 is 1.40 bits per heavy atom. The van der Waals surface area contributed by atoms with Crippen molar-refractivity contribution in [3.63, 3.8) is 0 Å². The Morgan fingerprint density at radius 2 is 2.10 bits per heavy atom. The second kappa shape index (κ2) is 5.92. The molecular weight excluding hydrogens is 276 g/mol. The van der Waals surface area contributed by atoms with Crippen LogP contribution in [-0.4, -0.2) is 27.3 Å². The Labute approximate surface area is 120 Å². The summed E-state index contributed by atoms with van der Waals surface area (Å²) in [6.07, 6.45) is 2.09. The van der Waals surface area contributed by atoms with Crippen LogP contribution in [0, 0.1) is 6.92 Å². The van der Waals surface area contributed by atoms with Gasteiger partial charge in [-0.25, -0.2) is 9.78 Å². The van der Waals surface area contributed by atoms with Gasteiger partial charge in [0.1, 0.15) is 0 Å². The summed E-state index contributed by atoms with van der Waals surface area (Å²) in [5, 5.41) is 9.72. The average molecular weight is 290 g/mol. The predicted molar refractivity (Wildman–Crippen MR) is 77.6 cm³/mol. The lowest BCUT2D eigenvalue weighted by Gasteiger charge is -2.08. The van der Waals surface area contributed by atoms with Gasteiger partial charge in [0, 0.05) is 17.7 Å². The van der Waals surface area contributed by atoms with Crippen LogP contribution in [0.5, 0.6) is 0 Å². The zero-order chi connectivity index (χ0) is 14.7. The van der Waals surface area contributed by atoms with Crippen molar-refractivity contribution in [1.82, 2.24) is 9.97 Å². The standard InChI is InChI=1S/C14H14N2O3S/c1-8-11(12(17)16-14(15-8)20-2)7-9-5-3-4-6-10(9)13(18)19/h3-6H,7H2,1-2H3,(H,18,19)(H,15,16,17). The summed E-state index contributed by atoms with van der Waals surface area (Å²) in [5.41, 5.74) is 1.71. The first-order chi connectivity index (χ1) is 9.52.